The van der Waals surface area contributed by atoms with E-state index in [0.717, 1.165) is 19.3 Å². The molecule has 2 aliphatic carbocycles. The first kappa shape index (κ1) is 15.1. The Balaban J connectivity index is 0.000000980. The Morgan fingerprint density at radius 1 is 0.867 bits per heavy atom. The van der Waals surface area contributed by atoms with Crippen LogP contribution in [0.5, 0.6) is 0 Å². The number of carbonyl (C=O) groups is 2. The molecule has 4 atom stereocenters. The van der Waals surface area contributed by atoms with E-state index in [2.05, 4.69) is 0 Å². The molecule has 0 N–H and O–H groups in total. The Hall–Kier alpha value is 0.135. The van der Waals surface area contributed by atoms with Gasteiger partial charge in [-0.05, 0) is 31.1 Å². The maximum absolute atomic E-state index is 10.7. The van der Waals surface area contributed by atoms with Crippen LogP contribution >= 0.6 is 0 Å². The van der Waals surface area contributed by atoms with Gasteiger partial charge in [-0.15, -0.1) is 0 Å². The molecule has 2 fully saturated rings. The summed E-state index contributed by atoms with van der Waals surface area (Å²) in [7, 11) is 0. The predicted molar refractivity (Wildman–Crippen MR) is 37.8 cm³/mol. The summed E-state index contributed by atoms with van der Waals surface area (Å²) in [6.07, 6.45) is 2.37. The van der Waals surface area contributed by atoms with Crippen LogP contribution in [-0.2, 0) is 9.59 Å². The second-order valence-electron chi connectivity index (χ2n) is 4.02. The van der Waals surface area contributed by atoms with Crippen molar-refractivity contribution in [3.63, 3.8) is 0 Å². The van der Waals surface area contributed by atoms with E-state index in [4.69, 9.17) is 0 Å². The summed E-state index contributed by atoms with van der Waals surface area (Å²) in [5.74, 6) is -4.02. The summed E-state index contributed by atoms with van der Waals surface area (Å²) >= 11 is 0. The number of carboxylic acid groups (broad SMARTS) is 2. The van der Waals surface area contributed by atoms with Crippen LogP contribution in [0, 0.1) is 23.7 Å². The van der Waals surface area contributed by atoms with Gasteiger partial charge in [0.2, 0.25) is 0 Å². The van der Waals surface area contributed by atoms with Crippen molar-refractivity contribution in [1.82, 2.24) is 0 Å². The quantitative estimate of drug-likeness (QED) is 0.411. The van der Waals surface area contributed by atoms with E-state index in [1.807, 2.05) is 0 Å². The van der Waals surface area contributed by atoms with E-state index < -0.39 is 23.8 Å². The molecular formula is C9H10Li2O4. The first-order valence-corrected chi connectivity index (χ1v) is 4.53. The van der Waals surface area contributed by atoms with E-state index in [1.54, 1.807) is 0 Å². The second-order valence-corrected chi connectivity index (χ2v) is 4.02. The number of hydrogen-bond acceptors (Lipinski definition) is 4. The van der Waals surface area contributed by atoms with Gasteiger partial charge in [0.15, 0.2) is 0 Å². The zero-order valence-corrected chi connectivity index (χ0v) is 9.06. The number of rotatable bonds is 2. The topological polar surface area (TPSA) is 80.3 Å². The van der Waals surface area contributed by atoms with Gasteiger partial charge in [-0.3, -0.25) is 0 Å². The van der Waals surface area contributed by atoms with Crippen molar-refractivity contribution in [3.8, 4) is 0 Å². The van der Waals surface area contributed by atoms with Crippen molar-refractivity contribution >= 4 is 11.9 Å². The summed E-state index contributed by atoms with van der Waals surface area (Å²) in [4.78, 5) is 21.4. The van der Waals surface area contributed by atoms with E-state index in [0.29, 0.717) is 0 Å². The molecule has 2 bridgehead atoms. The SMILES string of the molecule is O=C([O-])C1C2CCC(C2)C1C(=O)[O-].[Li+].[Li+]. The average molecular weight is 196 g/mol. The molecule has 0 aliphatic heterocycles. The molecule has 72 valence electrons. The molecule has 0 aromatic carbocycles. The van der Waals surface area contributed by atoms with Crippen LogP contribution in [0.2, 0.25) is 0 Å². The minimum atomic E-state index is -1.22. The summed E-state index contributed by atoms with van der Waals surface area (Å²) in [6, 6.07) is 0. The molecule has 15 heavy (non-hydrogen) atoms. The van der Waals surface area contributed by atoms with Crippen LogP contribution in [0.15, 0.2) is 0 Å². The molecule has 2 saturated carbocycles. The number of fused-ring (bicyclic) bond motifs is 2. The van der Waals surface area contributed by atoms with Crippen molar-refractivity contribution in [3.05, 3.63) is 0 Å². The molecule has 0 saturated heterocycles. The Morgan fingerprint density at radius 2 is 1.20 bits per heavy atom. The van der Waals surface area contributed by atoms with Gasteiger partial charge in [0.1, 0.15) is 0 Å². The van der Waals surface area contributed by atoms with Gasteiger partial charge in [0.05, 0.1) is 0 Å². The largest absolute Gasteiger partial charge is 1.00 e. The maximum Gasteiger partial charge on any atom is 1.00 e. The zero-order valence-electron chi connectivity index (χ0n) is 9.06. The molecule has 4 unspecified atom stereocenters. The third-order valence-corrected chi connectivity index (χ3v) is 3.46. The molecule has 0 radical (unpaired) electrons. The third-order valence-electron chi connectivity index (χ3n) is 3.46. The zero-order chi connectivity index (χ0) is 9.59. The van der Waals surface area contributed by atoms with E-state index in [9.17, 15) is 19.8 Å². The monoisotopic (exact) mass is 196 g/mol. The van der Waals surface area contributed by atoms with Crippen molar-refractivity contribution in [1.29, 1.82) is 0 Å². The molecule has 2 rings (SSSR count). The average Bonchev–Trinajstić information content (AvgIpc) is 2.60. The fraction of sp³-hybridized carbons (Fsp3) is 0.778. The smallest absolute Gasteiger partial charge is 0.550 e. The minimum absolute atomic E-state index is 0. The van der Waals surface area contributed by atoms with Gasteiger partial charge in [-0.2, -0.15) is 0 Å². The molecule has 0 amide bonds. The Labute approximate surface area is 112 Å². The van der Waals surface area contributed by atoms with Crippen molar-refractivity contribution in [2.24, 2.45) is 23.7 Å². The summed E-state index contributed by atoms with van der Waals surface area (Å²) < 4.78 is 0. The molecule has 0 spiro atoms. The normalized spacial score (nSPS) is 36.5. The summed E-state index contributed by atoms with van der Waals surface area (Å²) in [5, 5.41) is 21.4. The van der Waals surface area contributed by atoms with Gasteiger partial charge in [-0.25, -0.2) is 0 Å². The molecule has 0 aromatic heterocycles. The van der Waals surface area contributed by atoms with Crippen LogP contribution < -0.4 is 47.9 Å². The van der Waals surface area contributed by atoms with Crippen LogP contribution in [0.25, 0.3) is 0 Å². The first-order valence-electron chi connectivity index (χ1n) is 4.53. The van der Waals surface area contributed by atoms with Crippen LogP contribution in [0.1, 0.15) is 19.3 Å². The number of hydrogen-bond donors (Lipinski definition) is 0. The molecule has 2 aliphatic rings. The van der Waals surface area contributed by atoms with E-state index >= 15 is 0 Å². The Kier molecular flexibility index (Phi) is 5.51. The molecule has 0 aromatic rings. The van der Waals surface area contributed by atoms with Crippen molar-refractivity contribution in [2.75, 3.05) is 0 Å². The standard InChI is InChI=1S/C9H12O4.2Li/c10-8(11)6-4-1-2-5(3-4)7(6)9(12)13;;/h4-7H,1-3H2,(H,10,11)(H,12,13);;/q;2*+1/p-2. The van der Waals surface area contributed by atoms with Gasteiger partial charge in [-0.1, -0.05) is 0 Å². The fourth-order valence-corrected chi connectivity index (χ4v) is 2.97. The molecular weight excluding hydrogens is 186 g/mol. The summed E-state index contributed by atoms with van der Waals surface area (Å²) in [6.45, 7) is 0. The third kappa shape index (κ3) is 2.45. The second kappa shape index (κ2) is 5.46. The van der Waals surface area contributed by atoms with Crippen LogP contribution in [-0.4, -0.2) is 11.9 Å². The molecule has 6 heteroatoms. The van der Waals surface area contributed by atoms with E-state index in [1.165, 1.54) is 0 Å². The van der Waals surface area contributed by atoms with Crippen molar-refractivity contribution in [2.45, 2.75) is 19.3 Å². The maximum atomic E-state index is 10.7. The number of aliphatic carboxylic acids is 2. The first-order chi connectivity index (χ1) is 6.11. The molecule has 0 heterocycles. The number of carbonyl (C=O) groups excluding carboxylic acids is 2. The Morgan fingerprint density at radius 3 is 1.47 bits per heavy atom. The van der Waals surface area contributed by atoms with Gasteiger partial charge in [0, 0.05) is 23.8 Å². The molecule has 4 nitrogen and oxygen atoms in total. The van der Waals surface area contributed by atoms with Crippen LogP contribution in [0.4, 0.5) is 0 Å². The van der Waals surface area contributed by atoms with Crippen LogP contribution in [0.3, 0.4) is 0 Å². The number of carboxylic acids is 2. The summed E-state index contributed by atoms with van der Waals surface area (Å²) in [5.41, 5.74) is 0. The van der Waals surface area contributed by atoms with Gasteiger partial charge in [0.25, 0.3) is 0 Å². The fourth-order valence-electron chi connectivity index (χ4n) is 2.97. The van der Waals surface area contributed by atoms with E-state index in [-0.39, 0.29) is 49.6 Å². The van der Waals surface area contributed by atoms with Gasteiger partial charge < -0.3 is 19.8 Å². The Bertz CT molecular complexity index is 243. The predicted octanol–water partition coefficient (Wildman–Crippen LogP) is -7.84. The van der Waals surface area contributed by atoms with Crippen molar-refractivity contribution < 1.29 is 57.5 Å². The van der Waals surface area contributed by atoms with Gasteiger partial charge >= 0.3 is 37.7 Å². The minimum Gasteiger partial charge on any atom is -0.550 e.